The van der Waals surface area contributed by atoms with Crippen LogP contribution in [0.3, 0.4) is 0 Å². The molecule has 3 rings (SSSR count). The van der Waals surface area contributed by atoms with Crippen molar-refractivity contribution in [2.45, 2.75) is 44.1 Å². The largest absolute Gasteiger partial charge is 0.449 e. The van der Waals surface area contributed by atoms with Gasteiger partial charge in [-0.3, -0.25) is 14.8 Å². The van der Waals surface area contributed by atoms with Gasteiger partial charge < -0.3 is 9.26 Å². The van der Waals surface area contributed by atoms with Gasteiger partial charge in [0.1, 0.15) is 0 Å². The molecule has 1 aromatic heterocycles. The molecule has 12 heteroatoms. The molecule has 0 fully saturated rings. The topological polar surface area (TPSA) is 155 Å². The number of nitrogens with zero attached hydrogens (tertiary/aromatic N) is 3. The molecule has 1 atom stereocenters. The lowest BCUT2D eigenvalue weighted by molar-refractivity contribution is -0.385. The van der Waals surface area contributed by atoms with Crippen LogP contribution in [0, 0.1) is 10.1 Å². The maximum atomic E-state index is 12.8. The summed E-state index contributed by atoms with van der Waals surface area (Å²) in [4.78, 5) is 27.0. The van der Waals surface area contributed by atoms with E-state index in [1.54, 1.807) is 6.92 Å². The monoisotopic (exact) mass is 474 g/mol. The Morgan fingerprint density at radius 1 is 1.18 bits per heavy atom. The number of esters is 1. The van der Waals surface area contributed by atoms with Crippen LogP contribution in [0.4, 0.5) is 11.4 Å². The number of ether oxygens (including phenoxy) is 1. The van der Waals surface area contributed by atoms with E-state index in [0.717, 1.165) is 6.07 Å². The van der Waals surface area contributed by atoms with Crippen LogP contribution in [0.5, 0.6) is 0 Å². The normalized spacial score (nSPS) is 12.7. The van der Waals surface area contributed by atoms with Crippen LogP contribution in [-0.2, 0) is 20.2 Å². The van der Waals surface area contributed by atoms with Gasteiger partial charge in [0.15, 0.2) is 11.9 Å². The van der Waals surface area contributed by atoms with E-state index in [4.69, 9.17) is 9.26 Å². The average Bonchev–Trinajstić information content (AvgIpc) is 3.25. The molecule has 2 aromatic carbocycles. The lowest BCUT2D eigenvalue weighted by Gasteiger charge is -2.14. The second-order valence-corrected chi connectivity index (χ2v) is 9.84. The number of non-ortho nitro benzene ring substituents is 1. The molecule has 174 valence electrons. The van der Waals surface area contributed by atoms with Crippen LogP contribution in [0.25, 0.3) is 0 Å². The minimum Gasteiger partial charge on any atom is -0.449 e. The third kappa shape index (κ3) is 5.52. The SMILES string of the molecule is CC(OC(=O)c1ccccc1NS(=O)(=O)c1cccc([N+](=O)[O-])c1)c1nc(C(C)(C)C)no1. The lowest BCUT2D eigenvalue weighted by Crippen LogP contribution is -2.17. The third-order valence-corrected chi connectivity index (χ3v) is 5.84. The predicted molar refractivity (Wildman–Crippen MR) is 117 cm³/mol. The van der Waals surface area contributed by atoms with E-state index in [9.17, 15) is 23.3 Å². The van der Waals surface area contributed by atoms with E-state index in [0.29, 0.717) is 5.82 Å². The minimum absolute atomic E-state index is 0.0536. The van der Waals surface area contributed by atoms with Crippen molar-refractivity contribution in [2.24, 2.45) is 0 Å². The molecule has 0 aliphatic heterocycles. The number of sulfonamides is 1. The molecule has 0 aliphatic carbocycles. The van der Waals surface area contributed by atoms with Crippen molar-refractivity contribution < 1.29 is 27.4 Å². The Hall–Kier alpha value is -3.80. The molecule has 11 nitrogen and oxygen atoms in total. The van der Waals surface area contributed by atoms with Crippen molar-refractivity contribution in [1.29, 1.82) is 0 Å². The van der Waals surface area contributed by atoms with E-state index in [1.165, 1.54) is 42.5 Å². The Bertz CT molecular complexity index is 1300. The van der Waals surface area contributed by atoms with Crippen molar-refractivity contribution in [2.75, 3.05) is 4.72 Å². The number of hydrogen-bond donors (Lipinski definition) is 1. The summed E-state index contributed by atoms with van der Waals surface area (Å²) < 4.78 is 38.4. The number of para-hydroxylation sites is 1. The van der Waals surface area contributed by atoms with Gasteiger partial charge in [0.2, 0.25) is 0 Å². The van der Waals surface area contributed by atoms with E-state index >= 15 is 0 Å². The molecule has 0 radical (unpaired) electrons. The molecule has 1 unspecified atom stereocenters. The smallest absolute Gasteiger partial charge is 0.341 e. The summed E-state index contributed by atoms with van der Waals surface area (Å²) in [6, 6.07) is 10.4. The fourth-order valence-corrected chi connectivity index (χ4v) is 3.82. The van der Waals surface area contributed by atoms with Gasteiger partial charge in [0.05, 0.1) is 21.1 Å². The summed E-state index contributed by atoms with van der Waals surface area (Å²) in [6.45, 7) is 7.26. The van der Waals surface area contributed by atoms with Gasteiger partial charge in [-0.1, -0.05) is 44.1 Å². The maximum absolute atomic E-state index is 12.8. The Balaban J connectivity index is 1.82. The number of benzene rings is 2. The van der Waals surface area contributed by atoms with Crippen LogP contribution in [0.2, 0.25) is 0 Å². The fraction of sp³-hybridized carbons (Fsp3) is 0.286. The summed E-state index contributed by atoms with van der Waals surface area (Å²) in [5, 5.41) is 14.9. The lowest BCUT2D eigenvalue weighted by atomic mass is 9.96. The highest BCUT2D eigenvalue weighted by Crippen LogP contribution is 2.26. The number of carbonyl (C=O) groups is 1. The number of nitrogens with one attached hydrogen (secondary N) is 1. The summed E-state index contributed by atoms with van der Waals surface area (Å²) in [6.07, 6.45) is -0.887. The van der Waals surface area contributed by atoms with Crippen LogP contribution in [-0.4, -0.2) is 29.5 Å². The Morgan fingerprint density at radius 3 is 2.52 bits per heavy atom. The molecule has 0 saturated carbocycles. The molecular formula is C21H22N4O7S. The van der Waals surface area contributed by atoms with E-state index < -0.39 is 27.0 Å². The predicted octanol–water partition coefficient (Wildman–Crippen LogP) is 3.99. The first-order chi connectivity index (χ1) is 15.4. The zero-order chi connectivity index (χ0) is 24.4. The van der Waals surface area contributed by atoms with Crippen molar-refractivity contribution >= 4 is 27.4 Å². The molecule has 33 heavy (non-hydrogen) atoms. The van der Waals surface area contributed by atoms with Gasteiger partial charge in [0, 0.05) is 17.5 Å². The van der Waals surface area contributed by atoms with Crippen molar-refractivity contribution in [3.63, 3.8) is 0 Å². The molecule has 1 heterocycles. The molecule has 0 amide bonds. The van der Waals surface area contributed by atoms with E-state index in [1.807, 2.05) is 20.8 Å². The minimum atomic E-state index is -4.22. The van der Waals surface area contributed by atoms with Crippen LogP contribution >= 0.6 is 0 Å². The first kappa shape index (κ1) is 23.9. The Morgan fingerprint density at radius 2 is 1.88 bits per heavy atom. The molecule has 0 saturated heterocycles. The van der Waals surface area contributed by atoms with Gasteiger partial charge >= 0.3 is 5.97 Å². The highest BCUT2D eigenvalue weighted by Gasteiger charge is 2.26. The second kappa shape index (κ2) is 8.98. The van der Waals surface area contributed by atoms with Crippen LogP contribution < -0.4 is 4.72 Å². The van der Waals surface area contributed by atoms with Crippen molar-refractivity contribution in [3.8, 4) is 0 Å². The number of hydrogen-bond acceptors (Lipinski definition) is 9. The molecule has 0 spiro atoms. The first-order valence-corrected chi connectivity index (χ1v) is 11.3. The van der Waals surface area contributed by atoms with Gasteiger partial charge in [-0.15, -0.1) is 0 Å². The molecule has 0 bridgehead atoms. The molecular weight excluding hydrogens is 452 g/mol. The molecule has 3 aromatic rings. The van der Waals surface area contributed by atoms with Crippen LogP contribution in [0.15, 0.2) is 57.9 Å². The van der Waals surface area contributed by atoms with Gasteiger partial charge in [-0.25, -0.2) is 13.2 Å². The average molecular weight is 474 g/mol. The fourth-order valence-electron chi connectivity index (χ4n) is 2.70. The third-order valence-electron chi connectivity index (χ3n) is 4.47. The number of aromatic nitrogens is 2. The molecule has 1 N–H and O–H groups in total. The highest BCUT2D eigenvalue weighted by molar-refractivity contribution is 7.92. The van der Waals surface area contributed by atoms with E-state index in [2.05, 4.69) is 14.9 Å². The van der Waals surface area contributed by atoms with Gasteiger partial charge in [-0.2, -0.15) is 4.98 Å². The van der Waals surface area contributed by atoms with Crippen molar-refractivity contribution in [1.82, 2.24) is 10.1 Å². The summed E-state index contributed by atoms with van der Waals surface area (Å²) >= 11 is 0. The summed E-state index contributed by atoms with van der Waals surface area (Å²) in [5.74, 6) is -0.274. The van der Waals surface area contributed by atoms with Gasteiger partial charge in [-0.05, 0) is 25.1 Å². The second-order valence-electron chi connectivity index (χ2n) is 8.16. The molecule has 0 aliphatic rings. The zero-order valence-corrected chi connectivity index (χ0v) is 19.1. The van der Waals surface area contributed by atoms with Crippen LogP contribution in [0.1, 0.15) is 55.9 Å². The number of carbonyl (C=O) groups excluding carboxylic acids is 1. The standard InChI is InChI=1S/C21H22N4O7S/c1-13(18-22-20(23-32-18)21(2,3)4)31-19(26)16-10-5-6-11-17(16)24-33(29,30)15-9-7-8-14(12-15)25(27)28/h5-13,24H,1-4H3. The first-order valence-electron chi connectivity index (χ1n) is 9.80. The summed E-state index contributed by atoms with van der Waals surface area (Å²) in [7, 11) is -4.22. The van der Waals surface area contributed by atoms with E-state index in [-0.39, 0.29) is 33.1 Å². The number of nitro groups is 1. The summed E-state index contributed by atoms with van der Waals surface area (Å²) in [5.41, 5.74) is -0.854. The highest BCUT2D eigenvalue weighted by atomic mass is 32.2. The maximum Gasteiger partial charge on any atom is 0.341 e. The Labute approximate surface area is 190 Å². The van der Waals surface area contributed by atoms with Crippen molar-refractivity contribution in [3.05, 3.63) is 75.9 Å². The zero-order valence-electron chi connectivity index (χ0n) is 18.3. The Kier molecular flexibility index (Phi) is 6.49. The quantitative estimate of drug-likeness (QED) is 0.304. The number of anilines is 1. The number of nitro benzene ring substituents is 1. The van der Waals surface area contributed by atoms with Gasteiger partial charge in [0.25, 0.3) is 21.6 Å². The number of rotatable bonds is 7.